The molecule has 28 heavy (non-hydrogen) atoms. The Balaban J connectivity index is 1.40. The number of carboxylic acids is 1. The lowest BCUT2D eigenvalue weighted by molar-refractivity contribution is 0.0690. The van der Waals surface area contributed by atoms with E-state index in [1.165, 1.54) is 31.5 Å². The Bertz CT molecular complexity index is 966. The molecule has 1 aliphatic heterocycles. The van der Waals surface area contributed by atoms with Gasteiger partial charge in [-0.05, 0) is 44.1 Å². The molecular formula is C20H22N4O4. The highest BCUT2D eigenvalue weighted by Gasteiger charge is 2.12. The number of hydrogen-bond donors (Lipinski definition) is 2. The van der Waals surface area contributed by atoms with Gasteiger partial charge in [0.15, 0.2) is 11.3 Å². The molecule has 1 saturated heterocycles. The van der Waals surface area contributed by atoms with E-state index in [-0.39, 0.29) is 5.69 Å². The molecular weight excluding hydrogens is 360 g/mol. The van der Waals surface area contributed by atoms with E-state index in [2.05, 4.69) is 20.2 Å². The van der Waals surface area contributed by atoms with Crippen LogP contribution >= 0.6 is 0 Å². The molecule has 1 aliphatic rings. The topological polar surface area (TPSA) is 101 Å². The van der Waals surface area contributed by atoms with Crippen molar-refractivity contribution in [2.24, 2.45) is 0 Å². The number of aromatic carboxylic acids is 1. The Morgan fingerprint density at radius 3 is 2.82 bits per heavy atom. The van der Waals surface area contributed by atoms with Gasteiger partial charge >= 0.3 is 5.97 Å². The normalized spacial score (nSPS) is 14.9. The second-order valence-electron chi connectivity index (χ2n) is 6.76. The van der Waals surface area contributed by atoms with E-state index in [4.69, 9.17) is 14.3 Å². The summed E-state index contributed by atoms with van der Waals surface area (Å²) in [7, 11) is 0. The van der Waals surface area contributed by atoms with Crippen LogP contribution in [0.2, 0.25) is 0 Å². The largest absolute Gasteiger partial charge is 0.477 e. The highest BCUT2D eigenvalue weighted by molar-refractivity contribution is 5.85. The molecule has 2 aromatic heterocycles. The minimum Gasteiger partial charge on any atom is -0.477 e. The van der Waals surface area contributed by atoms with Crippen LogP contribution in [-0.2, 0) is 0 Å². The average Bonchev–Trinajstić information content (AvgIpc) is 3.11. The number of ether oxygens (including phenoxy) is 1. The molecule has 0 amide bonds. The van der Waals surface area contributed by atoms with Crippen LogP contribution in [0.3, 0.4) is 0 Å². The number of benzene rings is 1. The van der Waals surface area contributed by atoms with Gasteiger partial charge < -0.3 is 24.5 Å². The summed E-state index contributed by atoms with van der Waals surface area (Å²) in [6.07, 6.45) is 5.28. The number of oxazole rings is 1. The zero-order valence-electron chi connectivity index (χ0n) is 15.4. The van der Waals surface area contributed by atoms with Crippen molar-refractivity contribution >= 4 is 23.1 Å². The van der Waals surface area contributed by atoms with E-state index in [0.717, 1.165) is 31.7 Å². The number of piperidine rings is 1. The summed E-state index contributed by atoms with van der Waals surface area (Å²) in [6.45, 7) is 4.08. The summed E-state index contributed by atoms with van der Waals surface area (Å²) in [5.41, 5.74) is 1.26. The first-order valence-corrected chi connectivity index (χ1v) is 9.41. The van der Waals surface area contributed by atoms with Gasteiger partial charge in [0.2, 0.25) is 0 Å². The lowest BCUT2D eigenvalue weighted by Gasteiger charge is -2.26. The molecule has 0 atom stereocenters. The summed E-state index contributed by atoms with van der Waals surface area (Å²) in [5.74, 6) is -0.173. The maximum Gasteiger partial charge on any atom is 0.354 e. The van der Waals surface area contributed by atoms with Crippen molar-refractivity contribution in [3.63, 3.8) is 0 Å². The zero-order valence-corrected chi connectivity index (χ0v) is 15.4. The zero-order chi connectivity index (χ0) is 19.3. The SMILES string of the molecule is O=C(O)c1cc(Oc2ccc3nc(NCCN4CCCCC4)oc3c2)ccn1. The van der Waals surface area contributed by atoms with Gasteiger partial charge in [0.1, 0.15) is 17.0 Å². The van der Waals surface area contributed by atoms with Crippen LogP contribution in [0.1, 0.15) is 29.8 Å². The molecule has 3 heterocycles. The van der Waals surface area contributed by atoms with Gasteiger partial charge in [-0.1, -0.05) is 6.42 Å². The third-order valence-corrected chi connectivity index (χ3v) is 4.70. The summed E-state index contributed by atoms with van der Waals surface area (Å²) in [4.78, 5) is 21.7. The first-order valence-electron chi connectivity index (χ1n) is 9.41. The van der Waals surface area contributed by atoms with E-state index in [1.54, 1.807) is 18.2 Å². The second-order valence-corrected chi connectivity index (χ2v) is 6.76. The van der Waals surface area contributed by atoms with E-state index in [9.17, 15) is 4.79 Å². The van der Waals surface area contributed by atoms with E-state index in [1.807, 2.05) is 6.07 Å². The van der Waals surface area contributed by atoms with Crippen LogP contribution in [0, 0.1) is 0 Å². The van der Waals surface area contributed by atoms with Crippen molar-refractivity contribution < 1.29 is 19.1 Å². The molecule has 0 saturated carbocycles. The molecule has 4 rings (SSSR count). The first-order chi connectivity index (χ1) is 13.7. The fraction of sp³-hybridized carbons (Fsp3) is 0.350. The highest BCUT2D eigenvalue weighted by atomic mass is 16.5. The van der Waals surface area contributed by atoms with Crippen molar-refractivity contribution in [1.82, 2.24) is 14.9 Å². The van der Waals surface area contributed by atoms with Gasteiger partial charge in [-0.25, -0.2) is 9.78 Å². The number of likely N-dealkylation sites (tertiary alicyclic amines) is 1. The number of carboxylic acid groups (broad SMARTS) is 1. The lowest BCUT2D eigenvalue weighted by Crippen LogP contribution is -2.33. The van der Waals surface area contributed by atoms with Gasteiger partial charge in [0.05, 0.1) is 0 Å². The maximum atomic E-state index is 11.0. The van der Waals surface area contributed by atoms with Gasteiger partial charge in [0.25, 0.3) is 6.01 Å². The third kappa shape index (κ3) is 4.40. The Kier molecular flexibility index (Phi) is 5.38. The van der Waals surface area contributed by atoms with Crippen molar-refractivity contribution in [2.45, 2.75) is 19.3 Å². The molecule has 0 unspecified atom stereocenters. The van der Waals surface area contributed by atoms with Gasteiger partial charge in [0, 0.05) is 31.4 Å². The minimum atomic E-state index is -1.10. The average molecular weight is 382 g/mol. The van der Waals surface area contributed by atoms with Crippen LogP contribution < -0.4 is 10.1 Å². The van der Waals surface area contributed by atoms with E-state index >= 15 is 0 Å². The molecule has 0 bridgehead atoms. The Hall–Kier alpha value is -3.13. The second kappa shape index (κ2) is 8.26. The number of rotatable bonds is 7. The summed E-state index contributed by atoms with van der Waals surface area (Å²) in [6, 6.07) is 8.78. The quantitative estimate of drug-likeness (QED) is 0.639. The van der Waals surface area contributed by atoms with Crippen LogP contribution in [0.5, 0.6) is 11.5 Å². The van der Waals surface area contributed by atoms with Crippen LogP contribution in [0.4, 0.5) is 6.01 Å². The third-order valence-electron chi connectivity index (χ3n) is 4.70. The molecule has 0 aliphatic carbocycles. The Labute approximate surface area is 162 Å². The van der Waals surface area contributed by atoms with E-state index in [0.29, 0.717) is 23.1 Å². The number of hydrogen-bond acceptors (Lipinski definition) is 7. The summed E-state index contributed by atoms with van der Waals surface area (Å²) < 4.78 is 11.5. The molecule has 8 nitrogen and oxygen atoms in total. The number of fused-ring (bicyclic) bond motifs is 1. The van der Waals surface area contributed by atoms with E-state index < -0.39 is 5.97 Å². The fourth-order valence-corrected chi connectivity index (χ4v) is 3.28. The van der Waals surface area contributed by atoms with Gasteiger partial charge in [-0.15, -0.1) is 0 Å². The molecule has 8 heteroatoms. The van der Waals surface area contributed by atoms with Crippen LogP contribution in [0.15, 0.2) is 40.9 Å². The Morgan fingerprint density at radius 2 is 2.00 bits per heavy atom. The van der Waals surface area contributed by atoms with Gasteiger partial charge in [-0.3, -0.25) is 0 Å². The molecule has 1 fully saturated rings. The Morgan fingerprint density at radius 1 is 1.18 bits per heavy atom. The van der Waals surface area contributed by atoms with Crippen molar-refractivity contribution in [3.8, 4) is 11.5 Å². The van der Waals surface area contributed by atoms with Gasteiger partial charge in [-0.2, -0.15) is 4.98 Å². The number of nitrogens with zero attached hydrogens (tertiary/aromatic N) is 3. The highest BCUT2D eigenvalue weighted by Crippen LogP contribution is 2.27. The number of pyridine rings is 1. The lowest BCUT2D eigenvalue weighted by atomic mass is 10.1. The molecule has 2 N–H and O–H groups in total. The first kappa shape index (κ1) is 18.2. The molecule has 0 radical (unpaired) electrons. The summed E-state index contributed by atoms with van der Waals surface area (Å²) in [5, 5.41) is 12.3. The standard InChI is InChI=1S/C20H22N4O4/c25-19(26)17-12-15(6-7-21-17)27-14-4-5-16-18(13-14)28-20(23-16)22-8-11-24-9-2-1-3-10-24/h4-7,12-13H,1-3,8-11H2,(H,22,23)(H,25,26). The predicted octanol–water partition coefficient (Wildman–Crippen LogP) is 3.61. The maximum absolute atomic E-state index is 11.0. The number of anilines is 1. The van der Waals surface area contributed by atoms with Crippen LogP contribution in [0.25, 0.3) is 11.1 Å². The molecule has 1 aromatic carbocycles. The number of aromatic nitrogens is 2. The number of carbonyl (C=O) groups is 1. The van der Waals surface area contributed by atoms with Crippen molar-refractivity contribution in [1.29, 1.82) is 0 Å². The monoisotopic (exact) mass is 382 g/mol. The molecule has 3 aromatic rings. The van der Waals surface area contributed by atoms with Crippen molar-refractivity contribution in [3.05, 3.63) is 42.2 Å². The fourth-order valence-electron chi connectivity index (χ4n) is 3.28. The summed E-state index contributed by atoms with van der Waals surface area (Å²) >= 11 is 0. The van der Waals surface area contributed by atoms with Crippen LogP contribution in [-0.4, -0.2) is 52.1 Å². The minimum absolute atomic E-state index is 0.0709. The van der Waals surface area contributed by atoms with Crippen molar-refractivity contribution in [2.75, 3.05) is 31.5 Å². The number of nitrogens with one attached hydrogen (secondary N) is 1. The smallest absolute Gasteiger partial charge is 0.354 e. The molecule has 146 valence electrons. The molecule has 0 spiro atoms. The predicted molar refractivity (Wildman–Crippen MR) is 104 cm³/mol.